The van der Waals surface area contributed by atoms with Gasteiger partial charge in [-0.3, -0.25) is 4.98 Å². The molecule has 0 aliphatic heterocycles. The molecule has 0 fully saturated rings. The number of carbonyl (C=O) groups is 1. The summed E-state index contributed by atoms with van der Waals surface area (Å²) in [4.78, 5) is 15.0. The molecule has 0 unspecified atom stereocenters. The van der Waals surface area contributed by atoms with Crippen LogP contribution >= 0.6 is 0 Å². The quantitative estimate of drug-likeness (QED) is 0.455. The van der Waals surface area contributed by atoms with Crippen molar-refractivity contribution in [2.24, 2.45) is 0 Å². The first-order chi connectivity index (χ1) is 6.63. The number of ether oxygens (including phenoxy) is 1. The summed E-state index contributed by atoms with van der Waals surface area (Å²) in [6.45, 7) is 3.76. The first-order valence-corrected chi connectivity index (χ1v) is 4.17. The fourth-order valence-electron chi connectivity index (χ4n) is 0.988. The Morgan fingerprint density at radius 3 is 2.71 bits per heavy atom. The third-order valence-electron chi connectivity index (χ3n) is 1.71. The number of carbonyl (C=O) groups excluding carboxylic acids is 1. The Labute approximate surface area is 83.1 Å². The van der Waals surface area contributed by atoms with Crippen molar-refractivity contribution in [1.82, 2.24) is 4.98 Å². The summed E-state index contributed by atoms with van der Waals surface area (Å²) in [5.74, 6) is 4.52. The summed E-state index contributed by atoms with van der Waals surface area (Å²) >= 11 is 0. The molecule has 0 amide bonds. The molecule has 1 aromatic heterocycles. The maximum Gasteiger partial charge on any atom is 0.384 e. The highest BCUT2D eigenvalue weighted by molar-refractivity contribution is 5.89. The zero-order valence-electron chi connectivity index (χ0n) is 8.42. The van der Waals surface area contributed by atoms with Gasteiger partial charge in [0.1, 0.15) is 0 Å². The van der Waals surface area contributed by atoms with Gasteiger partial charge in [-0.15, -0.1) is 0 Å². The van der Waals surface area contributed by atoms with Crippen LogP contribution in [0.2, 0.25) is 0 Å². The molecule has 0 aromatic carbocycles. The second kappa shape index (κ2) is 4.43. The van der Waals surface area contributed by atoms with Crippen LogP contribution in [0, 0.1) is 25.7 Å². The van der Waals surface area contributed by atoms with Crippen molar-refractivity contribution in [3.05, 3.63) is 29.1 Å². The lowest BCUT2D eigenvalue weighted by Crippen LogP contribution is -1.95. The van der Waals surface area contributed by atoms with Crippen LogP contribution in [0.25, 0.3) is 0 Å². The molecule has 0 aliphatic carbocycles. The minimum Gasteiger partial charge on any atom is -0.459 e. The summed E-state index contributed by atoms with van der Waals surface area (Å²) in [5, 5.41) is 0. The average Bonchev–Trinajstić information content (AvgIpc) is 2.16. The summed E-state index contributed by atoms with van der Waals surface area (Å²) in [6, 6.07) is 3.70. The number of methoxy groups -OCH3 is 1. The Bertz CT molecular complexity index is 413. The average molecular weight is 189 g/mol. The minimum atomic E-state index is -0.537. The van der Waals surface area contributed by atoms with E-state index in [4.69, 9.17) is 0 Å². The van der Waals surface area contributed by atoms with E-state index in [9.17, 15) is 4.79 Å². The second-order valence-electron chi connectivity index (χ2n) is 2.83. The Morgan fingerprint density at radius 2 is 2.14 bits per heavy atom. The number of aryl methyl sites for hydroxylation is 2. The summed E-state index contributed by atoms with van der Waals surface area (Å²) in [6.07, 6.45) is 0. The largest absolute Gasteiger partial charge is 0.459 e. The van der Waals surface area contributed by atoms with Gasteiger partial charge < -0.3 is 4.74 Å². The van der Waals surface area contributed by atoms with Gasteiger partial charge >= 0.3 is 5.97 Å². The van der Waals surface area contributed by atoms with Gasteiger partial charge in [0.2, 0.25) is 0 Å². The Hall–Kier alpha value is -1.82. The van der Waals surface area contributed by atoms with Gasteiger partial charge in [0.05, 0.1) is 12.8 Å². The summed E-state index contributed by atoms with van der Waals surface area (Å²) < 4.78 is 4.40. The summed E-state index contributed by atoms with van der Waals surface area (Å²) in [5.41, 5.74) is 2.51. The van der Waals surface area contributed by atoms with Crippen molar-refractivity contribution in [3.63, 3.8) is 0 Å². The van der Waals surface area contributed by atoms with Crippen LogP contribution in [-0.4, -0.2) is 18.1 Å². The topological polar surface area (TPSA) is 39.2 Å². The van der Waals surface area contributed by atoms with E-state index in [0.717, 1.165) is 17.0 Å². The third kappa shape index (κ3) is 2.60. The lowest BCUT2D eigenvalue weighted by atomic mass is 10.2. The molecule has 0 saturated carbocycles. The van der Waals surface area contributed by atoms with Crippen LogP contribution in [0.1, 0.15) is 17.0 Å². The monoisotopic (exact) mass is 189 g/mol. The lowest BCUT2D eigenvalue weighted by molar-refractivity contribution is -0.133. The SMILES string of the molecule is COC(=O)C#Cc1ccc(C)nc1C. The number of pyridine rings is 1. The van der Waals surface area contributed by atoms with Crippen LogP contribution in [0.3, 0.4) is 0 Å². The molecule has 1 aromatic rings. The van der Waals surface area contributed by atoms with Crippen LogP contribution in [-0.2, 0) is 9.53 Å². The number of hydrogen-bond acceptors (Lipinski definition) is 3. The number of aromatic nitrogens is 1. The van der Waals surface area contributed by atoms with E-state index in [1.165, 1.54) is 7.11 Å². The molecule has 0 bridgehead atoms. The van der Waals surface area contributed by atoms with Crippen LogP contribution in [0.5, 0.6) is 0 Å². The molecule has 72 valence electrons. The minimum absolute atomic E-state index is 0.537. The van der Waals surface area contributed by atoms with E-state index >= 15 is 0 Å². The number of esters is 1. The van der Waals surface area contributed by atoms with E-state index in [0.29, 0.717) is 0 Å². The zero-order chi connectivity index (χ0) is 10.6. The van der Waals surface area contributed by atoms with Crippen LogP contribution < -0.4 is 0 Å². The van der Waals surface area contributed by atoms with E-state index in [1.54, 1.807) is 0 Å². The molecule has 0 aliphatic rings. The van der Waals surface area contributed by atoms with Gasteiger partial charge in [-0.1, -0.05) is 5.92 Å². The normalized spacial score (nSPS) is 8.79. The van der Waals surface area contributed by atoms with Gasteiger partial charge in [-0.05, 0) is 26.0 Å². The Kier molecular flexibility index (Phi) is 3.24. The highest BCUT2D eigenvalue weighted by Gasteiger charge is 1.96. The predicted octanol–water partition coefficient (Wildman–Crippen LogP) is 1.22. The van der Waals surface area contributed by atoms with E-state index in [-0.39, 0.29) is 0 Å². The van der Waals surface area contributed by atoms with Gasteiger partial charge in [-0.2, -0.15) is 0 Å². The van der Waals surface area contributed by atoms with Gasteiger partial charge in [0.15, 0.2) is 0 Å². The molecule has 3 nitrogen and oxygen atoms in total. The second-order valence-corrected chi connectivity index (χ2v) is 2.83. The van der Waals surface area contributed by atoms with Gasteiger partial charge in [-0.25, -0.2) is 4.79 Å². The highest BCUT2D eigenvalue weighted by atomic mass is 16.5. The number of rotatable bonds is 0. The molecule has 1 heterocycles. The molecule has 3 heteroatoms. The van der Waals surface area contributed by atoms with Crippen LogP contribution in [0.4, 0.5) is 0 Å². The third-order valence-corrected chi connectivity index (χ3v) is 1.71. The lowest BCUT2D eigenvalue weighted by Gasteiger charge is -1.97. The molecule has 0 N–H and O–H groups in total. The van der Waals surface area contributed by atoms with Gasteiger partial charge in [0.25, 0.3) is 0 Å². The zero-order valence-corrected chi connectivity index (χ0v) is 8.42. The molecular formula is C11H11NO2. The van der Waals surface area contributed by atoms with Crippen molar-refractivity contribution >= 4 is 5.97 Å². The van der Waals surface area contributed by atoms with Crippen molar-refractivity contribution < 1.29 is 9.53 Å². The molecule has 0 saturated heterocycles. The Morgan fingerprint density at radius 1 is 1.43 bits per heavy atom. The van der Waals surface area contributed by atoms with Crippen molar-refractivity contribution in [1.29, 1.82) is 0 Å². The van der Waals surface area contributed by atoms with Crippen molar-refractivity contribution in [2.45, 2.75) is 13.8 Å². The maximum absolute atomic E-state index is 10.7. The fourth-order valence-corrected chi connectivity index (χ4v) is 0.988. The van der Waals surface area contributed by atoms with E-state index in [1.807, 2.05) is 26.0 Å². The first-order valence-electron chi connectivity index (χ1n) is 4.17. The smallest absolute Gasteiger partial charge is 0.384 e. The number of nitrogens with zero attached hydrogens (tertiary/aromatic N) is 1. The Balaban J connectivity index is 2.96. The molecule has 0 radical (unpaired) electrons. The summed E-state index contributed by atoms with van der Waals surface area (Å²) in [7, 11) is 1.30. The van der Waals surface area contributed by atoms with Crippen molar-refractivity contribution in [2.75, 3.05) is 7.11 Å². The van der Waals surface area contributed by atoms with E-state index in [2.05, 4.69) is 21.6 Å². The molecule has 1 rings (SSSR count). The molecule has 0 atom stereocenters. The predicted molar refractivity (Wildman–Crippen MR) is 52.6 cm³/mol. The fraction of sp³-hybridized carbons (Fsp3) is 0.273. The molecular weight excluding hydrogens is 178 g/mol. The maximum atomic E-state index is 10.7. The number of hydrogen-bond donors (Lipinski definition) is 0. The standard InChI is InChI=1S/C11H11NO2/c1-8-4-5-10(9(2)12-8)6-7-11(13)14-3/h4-5H,1-3H3. The van der Waals surface area contributed by atoms with E-state index < -0.39 is 5.97 Å². The molecule has 0 spiro atoms. The van der Waals surface area contributed by atoms with Crippen LogP contribution in [0.15, 0.2) is 12.1 Å². The first kappa shape index (κ1) is 10.3. The van der Waals surface area contributed by atoms with Gasteiger partial charge in [0, 0.05) is 17.2 Å². The van der Waals surface area contributed by atoms with Crippen molar-refractivity contribution in [3.8, 4) is 11.8 Å². The molecule has 14 heavy (non-hydrogen) atoms. The highest BCUT2D eigenvalue weighted by Crippen LogP contribution is 2.03.